The molecular formula is C24H21FO3. The molecule has 2 aromatic rings. The Morgan fingerprint density at radius 2 is 1.64 bits per heavy atom. The highest BCUT2D eigenvalue weighted by molar-refractivity contribution is 6.26. The molecule has 2 aliphatic heterocycles. The standard InChI is InChI=1S/C24H21FO3/c1-11-8-12(2)18(13(3)9-11)20-22(26)19-17-10-16(14-4-6-15(25)7-5-14)24(28-17)21(19)23(20)27/h4-10,17,19,21,24,27H,1-3H3/t17?,19-,21+,24?/m0/s1. The fraction of sp³-hybridized carbons (Fsp3) is 0.292. The van der Waals surface area contributed by atoms with E-state index in [1.807, 2.05) is 39.0 Å². The molecule has 2 bridgehead atoms. The molecule has 2 unspecified atom stereocenters. The molecule has 1 fully saturated rings. The monoisotopic (exact) mass is 376 g/mol. The Morgan fingerprint density at radius 1 is 1.00 bits per heavy atom. The lowest BCUT2D eigenvalue weighted by molar-refractivity contribution is -0.118. The summed E-state index contributed by atoms with van der Waals surface area (Å²) < 4.78 is 19.3. The van der Waals surface area contributed by atoms with Crippen molar-refractivity contribution in [3.05, 3.63) is 81.9 Å². The highest BCUT2D eigenvalue weighted by atomic mass is 19.1. The third-order valence-electron chi connectivity index (χ3n) is 6.25. The molecule has 0 saturated carbocycles. The Morgan fingerprint density at radius 3 is 2.29 bits per heavy atom. The lowest BCUT2D eigenvalue weighted by Gasteiger charge is -2.21. The molecule has 0 spiro atoms. The number of aryl methyl sites for hydroxylation is 3. The molecule has 0 aromatic heterocycles. The minimum atomic E-state index is -0.385. The van der Waals surface area contributed by atoms with Gasteiger partial charge >= 0.3 is 0 Å². The van der Waals surface area contributed by atoms with Gasteiger partial charge in [0.2, 0.25) is 0 Å². The predicted octanol–water partition coefficient (Wildman–Crippen LogP) is 4.70. The van der Waals surface area contributed by atoms with Gasteiger partial charge in [0.15, 0.2) is 5.78 Å². The zero-order valence-corrected chi connectivity index (χ0v) is 16.0. The number of benzene rings is 2. The van der Waals surface area contributed by atoms with Crippen molar-refractivity contribution < 1.29 is 19.0 Å². The number of carbonyl (C=O) groups excluding carboxylic acids is 1. The van der Waals surface area contributed by atoms with Crippen LogP contribution in [0.1, 0.15) is 27.8 Å². The van der Waals surface area contributed by atoms with Crippen molar-refractivity contribution in [1.82, 2.24) is 0 Å². The maximum atomic E-state index is 13.3. The van der Waals surface area contributed by atoms with Crippen LogP contribution >= 0.6 is 0 Å². The molecule has 1 saturated heterocycles. The Balaban J connectivity index is 1.59. The quantitative estimate of drug-likeness (QED) is 0.826. The molecule has 2 aromatic carbocycles. The lowest BCUT2D eigenvalue weighted by atomic mass is 9.78. The number of ether oxygens (including phenoxy) is 1. The molecule has 1 N–H and O–H groups in total. The van der Waals surface area contributed by atoms with Crippen LogP contribution in [0, 0.1) is 38.4 Å². The number of aliphatic hydroxyl groups excluding tert-OH is 1. The van der Waals surface area contributed by atoms with E-state index in [4.69, 9.17) is 4.74 Å². The van der Waals surface area contributed by atoms with Gasteiger partial charge in [-0.1, -0.05) is 29.8 Å². The summed E-state index contributed by atoms with van der Waals surface area (Å²) in [5.41, 5.74) is 6.18. The van der Waals surface area contributed by atoms with Crippen LogP contribution in [0.5, 0.6) is 0 Å². The van der Waals surface area contributed by atoms with Gasteiger partial charge in [0.1, 0.15) is 11.6 Å². The Labute approximate surface area is 163 Å². The summed E-state index contributed by atoms with van der Waals surface area (Å²) in [4.78, 5) is 13.3. The van der Waals surface area contributed by atoms with Crippen LogP contribution in [0.25, 0.3) is 11.1 Å². The molecule has 3 nitrogen and oxygen atoms in total. The maximum Gasteiger partial charge on any atom is 0.173 e. The van der Waals surface area contributed by atoms with Gasteiger partial charge < -0.3 is 9.84 Å². The van der Waals surface area contributed by atoms with E-state index in [0.29, 0.717) is 5.57 Å². The number of aliphatic hydroxyl groups is 1. The minimum Gasteiger partial charge on any atom is -0.511 e. The lowest BCUT2D eigenvalue weighted by Crippen LogP contribution is -2.28. The Hall–Kier alpha value is -2.72. The molecule has 1 aliphatic carbocycles. The minimum absolute atomic E-state index is 0.0422. The van der Waals surface area contributed by atoms with Crippen LogP contribution in [0.3, 0.4) is 0 Å². The summed E-state index contributed by atoms with van der Waals surface area (Å²) in [5, 5.41) is 11.1. The van der Waals surface area contributed by atoms with Gasteiger partial charge in [-0.05, 0) is 66.8 Å². The number of hydrogen-bond acceptors (Lipinski definition) is 3. The largest absolute Gasteiger partial charge is 0.511 e. The topological polar surface area (TPSA) is 46.5 Å². The van der Waals surface area contributed by atoms with Gasteiger partial charge in [-0.3, -0.25) is 4.79 Å². The van der Waals surface area contributed by atoms with Crippen LogP contribution in [0.2, 0.25) is 0 Å². The summed E-state index contributed by atoms with van der Waals surface area (Å²) in [7, 11) is 0. The second-order valence-electron chi connectivity index (χ2n) is 8.10. The number of allylic oxidation sites excluding steroid dienone is 1. The van der Waals surface area contributed by atoms with Crippen molar-refractivity contribution in [2.45, 2.75) is 33.0 Å². The first-order valence-corrected chi connectivity index (χ1v) is 9.55. The van der Waals surface area contributed by atoms with E-state index >= 15 is 0 Å². The van der Waals surface area contributed by atoms with Crippen LogP contribution in [0.15, 0.2) is 48.2 Å². The van der Waals surface area contributed by atoms with E-state index in [2.05, 4.69) is 0 Å². The van der Waals surface area contributed by atoms with Crippen molar-refractivity contribution in [3.8, 4) is 0 Å². The average molecular weight is 376 g/mol. The summed E-state index contributed by atoms with van der Waals surface area (Å²) in [5.74, 6) is -0.968. The predicted molar refractivity (Wildman–Crippen MR) is 105 cm³/mol. The van der Waals surface area contributed by atoms with Crippen LogP contribution in [0.4, 0.5) is 4.39 Å². The molecule has 2 heterocycles. The van der Waals surface area contributed by atoms with Crippen molar-refractivity contribution >= 4 is 16.9 Å². The van der Waals surface area contributed by atoms with Gasteiger partial charge in [0.25, 0.3) is 0 Å². The molecular weight excluding hydrogens is 355 g/mol. The van der Waals surface area contributed by atoms with Crippen LogP contribution in [-0.2, 0) is 9.53 Å². The third kappa shape index (κ3) is 2.27. The van der Waals surface area contributed by atoms with Crippen LogP contribution < -0.4 is 0 Å². The Bertz CT molecular complexity index is 1050. The van der Waals surface area contributed by atoms with E-state index in [9.17, 15) is 14.3 Å². The Kier molecular flexibility index (Phi) is 3.65. The van der Waals surface area contributed by atoms with E-state index in [-0.39, 0.29) is 41.4 Å². The number of ketones is 1. The molecule has 28 heavy (non-hydrogen) atoms. The summed E-state index contributed by atoms with van der Waals surface area (Å²) in [6.07, 6.45) is 1.23. The van der Waals surface area contributed by atoms with Gasteiger partial charge in [-0.25, -0.2) is 4.39 Å². The second kappa shape index (κ2) is 5.89. The highest BCUT2D eigenvalue weighted by Crippen LogP contribution is 2.55. The number of rotatable bonds is 2. The van der Waals surface area contributed by atoms with Gasteiger partial charge in [-0.2, -0.15) is 0 Å². The number of fused-ring (bicyclic) bond motifs is 5. The van der Waals surface area contributed by atoms with E-state index in [1.54, 1.807) is 12.1 Å². The first kappa shape index (κ1) is 17.4. The number of Topliss-reactive ketones (excluding diaryl/α,β-unsaturated/α-hetero) is 1. The second-order valence-corrected chi connectivity index (χ2v) is 8.10. The zero-order valence-electron chi connectivity index (χ0n) is 16.0. The fourth-order valence-electron chi connectivity index (χ4n) is 5.23. The third-order valence-corrected chi connectivity index (χ3v) is 6.25. The van der Waals surface area contributed by atoms with Crippen LogP contribution in [-0.4, -0.2) is 23.1 Å². The maximum absolute atomic E-state index is 13.3. The molecule has 4 atom stereocenters. The average Bonchev–Trinajstić information content (AvgIpc) is 3.29. The summed E-state index contributed by atoms with van der Waals surface area (Å²) in [6, 6.07) is 10.3. The molecule has 3 aliphatic rings. The SMILES string of the molecule is Cc1cc(C)c(C2=C(O)[C@@H]3C4OC(C=C4c4ccc(F)cc4)[C@@H]3C2=O)c(C)c1. The van der Waals surface area contributed by atoms with Crippen molar-refractivity contribution in [2.24, 2.45) is 11.8 Å². The summed E-state index contributed by atoms with van der Waals surface area (Å²) >= 11 is 0. The molecule has 142 valence electrons. The van der Waals surface area contributed by atoms with Gasteiger partial charge in [-0.15, -0.1) is 0 Å². The number of carbonyl (C=O) groups is 1. The summed E-state index contributed by atoms with van der Waals surface area (Å²) in [6.45, 7) is 5.98. The van der Waals surface area contributed by atoms with Crippen molar-refractivity contribution in [1.29, 1.82) is 0 Å². The van der Waals surface area contributed by atoms with Crippen molar-refractivity contribution in [3.63, 3.8) is 0 Å². The molecule has 4 heteroatoms. The van der Waals surface area contributed by atoms with E-state index < -0.39 is 0 Å². The fourth-order valence-corrected chi connectivity index (χ4v) is 5.23. The first-order chi connectivity index (χ1) is 13.4. The van der Waals surface area contributed by atoms with Gasteiger partial charge in [0, 0.05) is 0 Å². The number of halogens is 1. The molecule has 5 rings (SSSR count). The highest BCUT2D eigenvalue weighted by Gasteiger charge is 2.59. The number of hydrogen-bond donors (Lipinski definition) is 1. The smallest absolute Gasteiger partial charge is 0.173 e. The normalized spacial score (nSPS) is 28.1. The molecule has 0 amide bonds. The molecule has 0 radical (unpaired) electrons. The van der Waals surface area contributed by atoms with Crippen molar-refractivity contribution in [2.75, 3.05) is 0 Å². The zero-order chi connectivity index (χ0) is 19.7. The van der Waals surface area contributed by atoms with E-state index in [0.717, 1.165) is 33.4 Å². The van der Waals surface area contributed by atoms with Gasteiger partial charge in [0.05, 0.1) is 29.6 Å². The first-order valence-electron chi connectivity index (χ1n) is 9.55. The van der Waals surface area contributed by atoms with E-state index in [1.165, 1.54) is 12.1 Å².